The minimum absolute atomic E-state index is 0.0280. The largest absolute Gasteiger partial charge is 0.481 e. The van der Waals surface area contributed by atoms with E-state index in [1.807, 2.05) is 35.8 Å². The zero-order chi connectivity index (χ0) is 20.0. The van der Waals surface area contributed by atoms with E-state index in [2.05, 4.69) is 4.98 Å². The molecule has 8 heteroatoms. The number of para-hydroxylation sites is 1. The standard InChI is InChI=1S/C20H15F3N2O2S/c1-10-11-4-2-3-5-14(11)25(7-6-17(26)27)15(10)9-16-24-19-18(23)12(21)8-13(22)20(19)28-16/h2-5,8H,6-7,9H2,1H3,(H,26,27). The summed E-state index contributed by atoms with van der Waals surface area (Å²) in [5.41, 5.74) is 2.35. The van der Waals surface area contributed by atoms with Crippen molar-refractivity contribution in [2.24, 2.45) is 0 Å². The van der Waals surface area contributed by atoms with Gasteiger partial charge in [-0.3, -0.25) is 4.79 Å². The summed E-state index contributed by atoms with van der Waals surface area (Å²) in [6.45, 7) is 2.18. The number of benzene rings is 2. The third-order valence-corrected chi connectivity index (χ3v) is 5.85. The van der Waals surface area contributed by atoms with Crippen molar-refractivity contribution in [3.63, 3.8) is 0 Å². The number of thiazole rings is 1. The van der Waals surface area contributed by atoms with Gasteiger partial charge in [-0.15, -0.1) is 11.3 Å². The smallest absolute Gasteiger partial charge is 0.305 e. The lowest BCUT2D eigenvalue weighted by molar-refractivity contribution is -0.137. The van der Waals surface area contributed by atoms with Gasteiger partial charge >= 0.3 is 5.97 Å². The minimum Gasteiger partial charge on any atom is -0.481 e. The Balaban J connectivity index is 1.83. The van der Waals surface area contributed by atoms with Crippen LogP contribution in [0.5, 0.6) is 0 Å². The van der Waals surface area contributed by atoms with Gasteiger partial charge in [0, 0.05) is 35.6 Å². The molecule has 2 aromatic heterocycles. The van der Waals surface area contributed by atoms with Gasteiger partial charge in [-0.2, -0.15) is 0 Å². The molecule has 0 unspecified atom stereocenters. The Morgan fingerprint density at radius 2 is 1.96 bits per heavy atom. The van der Waals surface area contributed by atoms with E-state index in [1.54, 1.807) is 0 Å². The Hall–Kier alpha value is -2.87. The van der Waals surface area contributed by atoms with Gasteiger partial charge in [0.1, 0.15) is 11.3 Å². The molecule has 0 saturated heterocycles. The Bertz CT molecular complexity index is 1230. The quantitative estimate of drug-likeness (QED) is 0.474. The maximum absolute atomic E-state index is 14.0. The highest BCUT2D eigenvalue weighted by Gasteiger charge is 2.20. The first-order valence-corrected chi connectivity index (χ1v) is 9.40. The summed E-state index contributed by atoms with van der Waals surface area (Å²) in [6.07, 6.45) is 0.208. The Morgan fingerprint density at radius 3 is 2.71 bits per heavy atom. The number of rotatable bonds is 5. The van der Waals surface area contributed by atoms with Gasteiger partial charge in [0.2, 0.25) is 0 Å². The normalized spacial score (nSPS) is 11.6. The lowest BCUT2D eigenvalue weighted by atomic mass is 10.1. The first-order chi connectivity index (χ1) is 13.4. The van der Waals surface area contributed by atoms with E-state index < -0.39 is 23.4 Å². The average Bonchev–Trinajstić information content (AvgIpc) is 3.20. The van der Waals surface area contributed by atoms with Gasteiger partial charge < -0.3 is 9.67 Å². The van der Waals surface area contributed by atoms with Crippen LogP contribution < -0.4 is 0 Å². The molecule has 0 radical (unpaired) electrons. The average molecular weight is 404 g/mol. The second kappa shape index (κ2) is 6.94. The molecule has 0 aliphatic carbocycles. The van der Waals surface area contributed by atoms with E-state index in [0.717, 1.165) is 33.5 Å². The van der Waals surface area contributed by atoms with E-state index in [4.69, 9.17) is 5.11 Å². The van der Waals surface area contributed by atoms with Crippen molar-refractivity contribution >= 4 is 38.4 Å². The molecular weight excluding hydrogens is 389 g/mol. The van der Waals surface area contributed by atoms with Gasteiger partial charge in [0.05, 0.1) is 16.1 Å². The van der Waals surface area contributed by atoms with E-state index in [0.29, 0.717) is 11.1 Å². The van der Waals surface area contributed by atoms with Crippen molar-refractivity contribution in [2.45, 2.75) is 26.3 Å². The lowest BCUT2D eigenvalue weighted by Gasteiger charge is -2.09. The fourth-order valence-corrected chi connectivity index (χ4v) is 4.44. The highest BCUT2D eigenvalue weighted by atomic mass is 32.1. The summed E-state index contributed by atoms with van der Waals surface area (Å²) in [6, 6.07) is 8.13. The summed E-state index contributed by atoms with van der Waals surface area (Å²) in [5, 5.41) is 10.5. The van der Waals surface area contributed by atoms with Crippen LogP contribution in [0.1, 0.15) is 22.7 Å². The predicted molar refractivity (Wildman–Crippen MR) is 101 cm³/mol. The van der Waals surface area contributed by atoms with Crippen molar-refractivity contribution in [1.82, 2.24) is 9.55 Å². The van der Waals surface area contributed by atoms with Crippen LogP contribution in [0.25, 0.3) is 21.1 Å². The minimum atomic E-state index is -1.27. The maximum atomic E-state index is 14.0. The molecule has 2 heterocycles. The van der Waals surface area contributed by atoms with E-state index in [-0.39, 0.29) is 29.6 Å². The summed E-state index contributed by atoms with van der Waals surface area (Å²) in [7, 11) is 0. The van der Waals surface area contributed by atoms with Crippen molar-refractivity contribution in [2.75, 3.05) is 0 Å². The molecule has 0 fully saturated rings. The van der Waals surface area contributed by atoms with Crippen LogP contribution in [0, 0.1) is 24.4 Å². The molecule has 0 amide bonds. The number of aliphatic carboxylic acids is 1. The summed E-state index contributed by atoms with van der Waals surface area (Å²) in [5.74, 6) is -4.20. The summed E-state index contributed by atoms with van der Waals surface area (Å²) >= 11 is 0.971. The van der Waals surface area contributed by atoms with Crippen LogP contribution in [0.3, 0.4) is 0 Å². The summed E-state index contributed by atoms with van der Waals surface area (Å²) < 4.78 is 43.4. The second-order valence-corrected chi connectivity index (χ2v) is 7.58. The number of fused-ring (bicyclic) bond motifs is 2. The Kier molecular flexibility index (Phi) is 4.58. The first-order valence-electron chi connectivity index (χ1n) is 8.58. The van der Waals surface area contributed by atoms with E-state index in [9.17, 15) is 18.0 Å². The number of aromatic nitrogens is 2. The second-order valence-electron chi connectivity index (χ2n) is 6.50. The Labute approximate surface area is 161 Å². The fraction of sp³-hybridized carbons (Fsp3) is 0.200. The van der Waals surface area contributed by atoms with Crippen molar-refractivity contribution in [3.05, 3.63) is 64.0 Å². The van der Waals surface area contributed by atoms with Gasteiger partial charge in [-0.1, -0.05) is 18.2 Å². The van der Waals surface area contributed by atoms with Gasteiger partial charge in [-0.25, -0.2) is 18.2 Å². The summed E-state index contributed by atoms with van der Waals surface area (Å²) in [4.78, 5) is 15.2. The molecule has 0 aliphatic heterocycles. The molecule has 4 nitrogen and oxygen atoms in total. The SMILES string of the molecule is Cc1c(Cc2nc3c(F)c(F)cc(F)c3s2)n(CCC(=O)O)c2ccccc12. The van der Waals surface area contributed by atoms with Gasteiger partial charge in [0.15, 0.2) is 11.6 Å². The molecule has 0 atom stereocenters. The van der Waals surface area contributed by atoms with Crippen molar-refractivity contribution in [1.29, 1.82) is 0 Å². The van der Waals surface area contributed by atoms with Crippen molar-refractivity contribution in [3.8, 4) is 0 Å². The van der Waals surface area contributed by atoms with E-state index >= 15 is 0 Å². The van der Waals surface area contributed by atoms with E-state index in [1.165, 1.54) is 0 Å². The molecule has 144 valence electrons. The molecule has 0 saturated carbocycles. The number of hydrogen-bond donors (Lipinski definition) is 1. The maximum Gasteiger partial charge on any atom is 0.305 e. The van der Waals surface area contributed by atoms with Crippen molar-refractivity contribution < 1.29 is 23.1 Å². The Morgan fingerprint density at radius 1 is 1.21 bits per heavy atom. The van der Waals surface area contributed by atoms with Crippen LogP contribution in [0.2, 0.25) is 0 Å². The molecule has 1 N–H and O–H groups in total. The third kappa shape index (κ3) is 3.03. The lowest BCUT2D eigenvalue weighted by Crippen LogP contribution is -2.08. The number of carbonyl (C=O) groups is 1. The van der Waals surface area contributed by atoms with Gasteiger partial charge in [0.25, 0.3) is 0 Å². The molecule has 28 heavy (non-hydrogen) atoms. The first kappa shape index (κ1) is 18.5. The zero-order valence-electron chi connectivity index (χ0n) is 14.8. The van der Waals surface area contributed by atoms with Crippen LogP contribution in [0.4, 0.5) is 13.2 Å². The topological polar surface area (TPSA) is 55.1 Å². The van der Waals surface area contributed by atoms with Gasteiger partial charge in [-0.05, 0) is 18.6 Å². The number of nitrogens with zero attached hydrogens (tertiary/aromatic N) is 2. The number of carboxylic acid groups (broad SMARTS) is 1. The molecule has 2 aromatic carbocycles. The molecule has 4 aromatic rings. The fourth-order valence-electron chi connectivity index (χ4n) is 3.47. The molecular formula is C20H15F3N2O2S. The molecule has 0 spiro atoms. The highest BCUT2D eigenvalue weighted by molar-refractivity contribution is 7.18. The van der Waals surface area contributed by atoms with Crippen LogP contribution in [-0.2, 0) is 17.8 Å². The molecule has 0 bridgehead atoms. The number of carboxylic acids is 1. The van der Waals surface area contributed by atoms with Crippen LogP contribution in [0.15, 0.2) is 30.3 Å². The third-order valence-electron chi connectivity index (χ3n) is 4.78. The number of aryl methyl sites for hydroxylation is 2. The van der Waals surface area contributed by atoms with Crippen LogP contribution >= 0.6 is 11.3 Å². The number of hydrogen-bond acceptors (Lipinski definition) is 3. The highest BCUT2D eigenvalue weighted by Crippen LogP contribution is 2.32. The molecule has 4 rings (SSSR count). The van der Waals surface area contributed by atoms with Crippen LogP contribution in [-0.4, -0.2) is 20.6 Å². The number of halogens is 3. The molecule has 0 aliphatic rings. The zero-order valence-corrected chi connectivity index (χ0v) is 15.6. The predicted octanol–water partition coefficient (Wildman–Crippen LogP) is 5.04. The monoisotopic (exact) mass is 404 g/mol.